The zero-order chi connectivity index (χ0) is 17.8. The van der Waals surface area contributed by atoms with Crippen molar-refractivity contribution in [2.45, 2.75) is 50.7 Å². The van der Waals surface area contributed by atoms with Crippen LogP contribution in [0.25, 0.3) is 0 Å². The second-order valence-electron chi connectivity index (χ2n) is 6.12. The molecule has 0 bridgehead atoms. The third-order valence-corrected chi connectivity index (χ3v) is 5.76. The van der Waals surface area contributed by atoms with Gasteiger partial charge in [0.2, 0.25) is 10.0 Å². The Kier molecular flexibility index (Phi) is 6.33. The Hall–Kier alpha value is -1.43. The maximum Gasteiger partial charge on any atom is 0.240 e. The van der Waals surface area contributed by atoms with E-state index in [1.807, 2.05) is 13.8 Å². The minimum absolute atomic E-state index is 0.105. The molecule has 0 spiro atoms. The first-order valence-electron chi connectivity index (χ1n) is 7.69. The fourth-order valence-electron chi connectivity index (χ4n) is 2.58. The minimum atomic E-state index is -3.76. The molecule has 0 heterocycles. The Morgan fingerprint density at radius 3 is 2.09 bits per heavy atom. The van der Waals surface area contributed by atoms with Crippen LogP contribution < -0.4 is 4.72 Å². The lowest BCUT2D eigenvalue weighted by molar-refractivity contribution is 0.0592. The van der Waals surface area contributed by atoms with Crippen LogP contribution in [0.5, 0.6) is 0 Å². The van der Waals surface area contributed by atoms with Gasteiger partial charge in [-0.05, 0) is 43.0 Å². The van der Waals surface area contributed by atoms with Crippen LogP contribution in [-0.2, 0) is 10.0 Å². The van der Waals surface area contributed by atoms with Gasteiger partial charge in [-0.15, -0.1) is 0 Å². The quantitative estimate of drug-likeness (QED) is 0.716. The van der Waals surface area contributed by atoms with Gasteiger partial charge in [0.05, 0.1) is 10.9 Å². The maximum atomic E-state index is 12.7. The van der Waals surface area contributed by atoms with Gasteiger partial charge in [-0.3, -0.25) is 0 Å². The third-order valence-electron chi connectivity index (χ3n) is 4.30. The van der Waals surface area contributed by atoms with Crippen molar-refractivity contribution in [1.82, 2.24) is 4.72 Å². The largest absolute Gasteiger partial charge is 0.379 e. The fraction of sp³-hybridized carbons (Fsp3) is 0.444. The molecule has 0 aliphatic rings. The highest BCUT2D eigenvalue weighted by atomic mass is 32.2. The molecule has 1 rings (SSSR count). The molecule has 4 nitrogen and oxygen atoms in total. The Labute approximate surface area is 140 Å². The van der Waals surface area contributed by atoms with Crippen molar-refractivity contribution >= 4 is 10.0 Å². The van der Waals surface area contributed by atoms with Gasteiger partial charge in [0.25, 0.3) is 0 Å². The van der Waals surface area contributed by atoms with Crippen LogP contribution >= 0.6 is 0 Å². The molecule has 0 unspecified atom stereocenters. The summed E-state index contributed by atoms with van der Waals surface area (Å²) in [6.45, 7) is 14.9. The van der Waals surface area contributed by atoms with E-state index < -0.39 is 21.7 Å². The van der Waals surface area contributed by atoms with E-state index in [1.54, 1.807) is 32.0 Å². The second-order valence-corrected chi connectivity index (χ2v) is 7.84. The highest BCUT2D eigenvalue weighted by Gasteiger charge is 2.43. The van der Waals surface area contributed by atoms with Crippen molar-refractivity contribution in [3.8, 4) is 0 Å². The highest BCUT2D eigenvalue weighted by Crippen LogP contribution is 2.33. The molecule has 0 saturated heterocycles. The summed E-state index contributed by atoms with van der Waals surface area (Å²) in [7, 11) is -3.76. The lowest BCUT2D eigenvalue weighted by Crippen LogP contribution is -2.57. The van der Waals surface area contributed by atoms with Gasteiger partial charge in [-0.1, -0.05) is 51.6 Å². The van der Waals surface area contributed by atoms with E-state index in [2.05, 4.69) is 17.9 Å². The number of sulfonamides is 1. The van der Waals surface area contributed by atoms with Gasteiger partial charge in [0.1, 0.15) is 5.60 Å². The monoisotopic (exact) mass is 337 g/mol. The molecule has 0 saturated carbocycles. The molecule has 2 atom stereocenters. The van der Waals surface area contributed by atoms with Crippen molar-refractivity contribution < 1.29 is 13.5 Å². The van der Waals surface area contributed by atoms with Crippen molar-refractivity contribution in [2.75, 3.05) is 0 Å². The first-order chi connectivity index (χ1) is 10.6. The zero-order valence-corrected chi connectivity index (χ0v) is 15.2. The van der Waals surface area contributed by atoms with Crippen LogP contribution in [0.1, 0.15) is 34.1 Å². The molecule has 0 amide bonds. The summed E-state index contributed by atoms with van der Waals surface area (Å²) < 4.78 is 28.0. The normalized spacial score (nSPS) is 15.0. The van der Waals surface area contributed by atoms with E-state index in [9.17, 15) is 13.5 Å². The van der Waals surface area contributed by atoms with E-state index in [-0.39, 0.29) is 10.8 Å². The van der Waals surface area contributed by atoms with E-state index in [0.29, 0.717) is 17.6 Å². The van der Waals surface area contributed by atoms with Crippen molar-refractivity contribution in [3.63, 3.8) is 0 Å². The van der Waals surface area contributed by atoms with E-state index in [0.717, 1.165) is 0 Å². The summed E-state index contributed by atoms with van der Waals surface area (Å²) in [5.74, 6) is -0.105. The summed E-state index contributed by atoms with van der Waals surface area (Å²) in [5.41, 5.74) is -0.575. The average Bonchev–Trinajstić information content (AvgIpc) is 2.51. The molecule has 0 aliphatic heterocycles. The first-order valence-corrected chi connectivity index (χ1v) is 9.17. The predicted octanol–water partition coefficient (Wildman–Crippen LogP) is 3.26. The second kappa shape index (κ2) is 7.43. The number of hydrogen-bond donors (Lipinski definition) is 2. The van der Waals surface area contributed by atoms with Gasteiger partial charge >= 0.3 is 0 Å². The van der Waals surface area contributed by atoms with Crippen LogP contribution in [0.2, 0.25) is 0 Å². The van der Waals surface area contributed by atoms with Crippen molar-refractivity contribution in [2.24, 2.45) is 5.92 Å². The van der Waals surface area contributed by atoms with Gasteiger partial charge in [-0.25, -0.2) is 13.1 Å². The van der Waals surface area contributed by atoms with Gasteiger partial charge in [0.15, 0.2) is 0 Å². The number of hydrogen-bond acceptors (Lipinski definition) is 3. The Balaban J connectivity index is 3.34. The summed E-state index contributed by atoms with van der Waals surface area (Å²) >= 11 is 0. The van der Waals surface area contributed by atoms with Gasteiger partial charge < -0.3 is 5.11 Å². The van der Waals surface area contributed by atoms with Crippen LogP contribution in [0.3, 0.4) is 0 Å². The summed E-state index contributed by atoms with van der Waals surface area (Å²) in [6.07, 6.45) is 0.699. The zero-order valence-electron chi connectivity index (χ0n) is 14.3. The van der Waals surface area contributed by atoms with Crippen LogP contribution in [-0.4, -0.2) is 25.2 Å². The maximum absolute atomic E-state index is 12.7. The molecule has 5 heteroatoms. The van der Waals surface area contributed by atoms with Crippen LogP contribution in [0.15, 0.2) is 59.5 Å². The van der Waals surface area contributed by atoms with E-state index in [4.69, 9.17) is 0 Å². The van der Waals surface area contributed by atoms with E-state index >= 15 is 0 Å². The molecular formula is C18H27NO3S. The Bertz CT molecular complexity index is 651. The molecule has 1 aromatic rings. The van der Waals surface area contributed by atoms with Gasteiger partial charge in [0, 0.05) is 0 Å². The smallest absolute Gasteiger partial charge is 0.240 e. The summed E-state index contributed by atoms with van der Waals surface area (Å²) in [5, 5.41) is 11.1. The topological polar surface area (TPSA) is 66.4 Å². The Morgan fingerprint density at radius 2 is 1.70 bits per heavy atom. The van der Waals surface area contributed by atoms with Crippen LogP contribution in [0.4, 0.5) is 0 Å². The molecule has 0 aromatic heterocycles. The van der Waals surface area contributed by atoms with E-state index in [1.165, 1.54) is 12.1 Å². The molecule has 128 valence electrons. The molecule has 23 heavy (non-hydrogen) atoms. The number of nitrogens with one attached hydrogen (secondary N) is 1. The Morgan fingerprint density at radius 1 is 1.22 bits per heavy atom. The molecule has 0 fully saturated rings. The van der Waals surface area contributed by atoms with Crippen molar-refractivity contribution in [1.29, 1.82) is 0 Å². The van der Waals surface area contributed by atoms with Crippen LogP contribution in [0, 0.1) is 5.92 Å². The van der Waals surface area contributed by atoms with Gasteiger partial charge in [-0.2, -0.15) is 0 Å². The SMILES string of the molecule is C=C(C)C(O)(C(=C)C)[C@@H](NS(=O)(=O)c1ccccc1)[C@@H](C)CC. The van der Waals surface area contributed by atoms with Crippen molar-refractivity contribution in [3.05, 3.63) is 54.6 Å². The summed E-state index contributed by atoms with van der Waals surface area (Å²) in [4.78, 5) is 0.166. The number of aliphatic hydroxyl groups is 1. The fourth-order valence-corrected chi connectivity index (χ4v) is 3.97. The lowest BCUT2D eigenvalue weighted by Gasteiger charge is -2.40. The summed E-state index contributed by atoms with van der Waals surface area (Å²) in [6, 6.07) is 7.39. The first kappa shape index (κ1) is 19.6. The molecule has 1 aromatic carbocycles. The highest BCUT2D eigenvalue weighted by molar-refractivity contribution is 7.89. The third kappa shape index (κ3) is 4.10. The molecule has 0 aliphatic carbocycles. The lowest BCUT2D eigenvalue weighted by atomic mass is 9.76. The number of rotatable bonds is 8. The minimum Gasteiger partial charge on any atom is -0.379 e. The molecule has 2 N–H and O–H groups in total. The predicted molar refractivity (Wildman–Crippen MR) is 94.6 cm³/mol. The standard InChI is InChI=1S/C18H27NO3S/c1-7-15(6)17(18(20,13(2)3)14(4)5)19-23(21,22)16-11-9-8-10-12-16/h8-12,15,17,19-20H,2,4,7H2,1,3,5-6H3/t15-,17-/m0/s1. The molecular weight excluding hydrogens is 310 g/mol. The number of benzene rings is 1. The molecule has 0 radical (unpaired) electrons. The average molecular weight is 337 g/mol.